The molecule has 0 aliphatic heterocycles. The van der Waals surface area contributed by atoms with Crippen molar-refractivity contribution in [1.82, 2.24) is 10.6 Å². The molecule has 0 heterocycles. The molecule has 134 valence electrons. The molecule has 3 nitrogen and oxygen atoms in total. The SMILES string of the molecule is CC(C)(C)CCN[C@H]1CC[C@H](NC(=O)c2cc(F)cc(Cl)c2)CC1. The first-order valence-electron chi connectivity index (χ1n) is 8.73. The standard InChI is InChI=1S/C19H28ClFN2O/c1-19(2,3)8-9-22-16-4-6-17(7-5-16)23-18(24)13-10-14(20)12-15(21)11-13/h10-12,16-17,22H,4-9H2,1-3H3,(H,23,24)/t16-,17-. The van der Waals surface area contributed by atoms with Crippen LogP contribution >= 0.6 is 11.6 Å². The van der Waals surface area contributed by atoms with Crippen molar-refractivity contribution in [2.45, 2.75) is 65.0 Å². The van der Waals surface area contributed by atoms with Crippen LogP contribution in [0.25, 0.3) is 0 Å². The summed E-state index contributed by atoms with van der Waals surface area (Å²) in [5, 5.41) is 6.86. The number of nitrogens with one attached hydrogen (secondary N) is 2. The molecular formula is C19H28ClFN2O. The third-order valence-corrected chi connectivity index (χ3v) is 4.71. The Kier molecular flexibility index (Phi) is 6.64. The zero-order chi connectivity index (χ0) is 17.7. The third-order valence-electron chi connectivity index (χ3n) is 4.50. The number of rotatable bonds is 5. The van der Waals surface area contributed by atoms with Gasteiger partial charge in [-0.3, -0.25) is 4.79 Å². The highest BCUT2D eigenvalue weighted by atomic mass is 35.5. The van der Waals surface area contributed by atoms with Gasteiger partial charge in [0.1, 0.15) is 5.82 Å². The minimum Gasteiger partial charge on any atom is -0.349 e. The first kappa shape index (κ1) is 19.2. The number of hydrogen-bond acceptors (Lipinski definition) is 2. The lowest BCUT2D eigenvalue weighted by Crippen LogP contribution is -2.42. The van der Waals surface area contributed by atoms with E-state index in [0.29, 0.717) is 11.5 Å². The van der Waals surface area contributed by atoms with E-state index in [1.807, 2.05) is 0 Å². The second-order valence-corrected chi connectivity index (χ2v) is 8.38. The molecular weight excluding hydrogens is 327 g/mol. The molecule has 0 radical (unpaired) electrons. The molecule has 1 fully saturated rings. The van der Waals surface area contributed by atoms with Crippen LogP contribution < -0.4 is 10.6 Å². The molecule has 24 heavy (non-hydrogen) atoms. The predicted molar refractivity (Wildman–Crippen MR) is 97.0 cm³/mol. The predicted octanol–water partition coefficient (Wildman–Crippen LogP) is 4.55. The van der Waals surface area contributed by atoms with E-state index >= 15 is 0 Å². The Balaban J connectivity index is 1.75. The van der Waals surface area contributed by atoms with Crippen LogP contribution in [0.4, 0.5) is 4.39 Å². The van der Waals surface area contributed by atoms with Crippen molar-refractivity contribution >= 4 is 17.5 Å². The molecule has 1 amide bonds. The molecule has 1 aromatic carbocycles. The van der Waals surface area contributed by atoms with Crippen LogP contribution in [0, 0.1) is 11.2 Å². The average molecular weight is 355 g/mol. The van der Waals surface area contributed by atoms with Gasteiger partial charge in [-0.15, -0.1) is 0 Å². The summed E-state index contributed by atoms with van der Waals surface area (Å²) < 4.78 is 13.3. The number of hydrogen-bond donors (Lipinski definition) is 2. The van der Waals surface area contributed by atoms with Crippen molar-refractivity contribution in [3.05, 3.63) is 34.6 Å². The van der Waals surface area contributed by atoms with E-state index in [-0.39, 0.29) is 22.5 Å². The molecule has 5 heteroatoms. The lowest BCUT2D eigenvalue weighted by atomic mass is 9.89. The number of halogens is 2. The number of benzene rings is 1. The lowest BCUT2D eigenvalue weighted by Gasteiger charge is -2.30. The molecule has 1 saturated carbocycles. The van der Waals surface area contributed by atoms with Crippen molar-refractivity contribution in [2.24, 2.45) is 5.41 Å². The van der Waals surface area contributed by atoms with Gasteiger partial charge >= 0.3 is 0 Å². The Morgan fingerprint density at radius 3 is 2.38 bits per heavy atom. The van der Waals surface area contributed by atoms with E-state index in [9.17, 15) is 9.18 Å². The summed E-state index contributed by atoms with van der Waals surface area (Å²) in [6, 6.07) is 4.61. The van der Waals surface area contributed by atoms with Crippen molar-refractivity contribution < 1.29 is 9.18 Å². The molecule has 1 aromatic rings. The molecule has 0 spiro atoms. The molecule has 0 atom stereocenters. The molecule has 0 unspecified atom stereocenters. The van der Waals surface area contributed by atoms with E-state index in [0.717, 1.165) is 38.6 Å². The zero-order valence-electron chi connectivity index (χ0n) is 14.8. The number of carbonyl (C=O) groups excluding carboxylic acids is 1. The van der Waals surface area contributed by atoms with Crippen LogP contribution in [-0.4, -0.2) is 24.5 Å². The first-order valence-corrected chi connectivity index (χ1v) is 9.11. The van der Waals surface area contributed by atoms with E-state index < -0.39 is 5.82 Å². The van der Waals surface area contributed by atoms with Gasteiger partial charge in [-0.1, -0.05) is 32.4 Å². The van der Waals surface area contributed by atoms with Gasteiger partial charge in [-0.25, -0.2) is 4.39 Å². The van der Waals surface area contributed by atoms with Gasteiger partial charge in [0.05, 0.1) is 0 Å². The lowest BCUT2D eigenvalue weighted by molar-refractivity contribution is 0.0923. The number of amides is 1. The van der Waals surface area contributed by atoms with Crippen molar-refractivity contribution in [1.29, 1.82) is 0 Å². The van der Waals surface area contributed by atoms with Gasteiger partial charge in [0, 0.05) is 22.7 Å². The first-order chi connectivity index (χ1) is 11.2. The summed E-state index contributed by atoms with van der Waals surface area (Å²) in [6.45, 7) is 7.78. The van der Waals surface area contributed by atoms with Gasteiger partial charge in [0.25, 0.3) is 5.91 Å². The highest BCUT2D eigenvalue weighted by Crippen LogP contribution is 2.22. The second kappa shape index (κ2) is 8.30. The third kappa shape index (κ3) is 6.40. The fourth-order valence-corrected chi connectivity index (χ4v) is 3.27. The van der Waals surface area contributed by atoms with E-state index in [4.69, 9.17) is 11.6 Å². The van der Waals surface area contributed by atoms with Crippen LogP contribution in [-0.2, 0) is 0 Å². The van der Waals surface area contributed by atoms with Gasteiger partial charge in [-0.05, 0) is 62.3 Å². The second-order valence-electron chi connectivity index (χ2n) is 7.94. The van der Waals surface area contributed by atoms with Gasteiger partial charge in [-0.2, -0.15) is 0 Å². The summed E-state index contributed by atoms with van der Waals surface area (Å²) in [5.41, 5.74) is 0.634. The normalized spacial score (nSPS) is 21.5. The van der Waals surface area contributed by atoms with Crippen molar-refractivity contribution in [3.63, 3.8) is 0 Å². The Bertz CT molecular complexity index is 543. The minimum absolute atomic E-state index is 0.153. The van der Waals surface area contributed by atoms with Gasteiger partial charge in [0.2, 0.25) is 0 Å². The van der Waals surface area contributed by atoms with Crippen molar-refractivity contribution in [3.8, 4) is 0 Å². The molecule has 1 aliphatic rings. The summed E-state index contributed by atoms with van der Waals surface area (Å²) in [4.78, 5) is 12.2. The highest BCUT2D eigenvalue weighted by Gasteiger charge is 2.23. The average Bonchev–Trinajstić information content (AvgIpc) is 2.46. The van der Waals surface area contributed by atoms with Crippen LogP contribution in [0.2, 0.25) is 5.02 Å². The largest absolute Gasteiger partial charge is 0.349 e. The topological polar surface area (TPSA) is 41.1 Å². The molecule has 0 bridgehead atoms. The van der Waals surface area contributed by atoms with Crippen LogP contribution in [0.1, 0.15) is 63.2 Å². The molecule has 2 rings (SSSR count). The van der Waals surface area contributed by atoms with E-state index in [1.165, 1.54) is 18.2 Å². The van der Waals surface area contributed by atoms with Crippen LogP contribution in [0.5, 0.6) is 0 Å². The maximum absolute atomic E-state index is 13.3. The maximum Gasteiger partial charge on any atom is 0.251 e. The highest BCUT2D eigenvalue weighted by molar-refractivity contribution is 6.31. The van der Waals surface area contributed by atoms with Crippen LogP contribution in [0.15, 0.2) is 18.2 Å². The quantitative estimate of drug-likeness (QED) is 0.814. The monoisotopic (exact) mass is 354 g/mol. The zero-order valence-corrected chi connectivity index (χ0v) is 15.5. The molecule has 0 aromatic heterocycles. The number of carbonyl (C=O) groups is 1. The smallest absolute Gasteiger partial charge is 0.251 e. The fourth-order valence-electron chi connectivity index (χ4n) is 3.05. The molecule has 0 saturated heterocycles. The Hall–Kier alpha value is -1.13. The Morgan fingerprint density at radius 1 is 1.17 bits per heavy atom. The summed E-state index contributed by atoms with van der Waals surface area (Å²) in [6.07, 6.45) is 5.16. The van der Waals surface area contributed by atoms with E-state index in [1.54, 1.807) is 0 Å². The summed E-state index contributed by atoms with van der Waals surface area (Å²) >= 11 is 5.81. The maximum atomic E-state index is 13.3. The fraction of sp³-hybridized carbons (Fsp3) is 0.632. The van der Waals surface area contributed by atoms with E-state index in [2.05, 4.69) is 31.4 Å². The van der Waals surface area contributed by atoms with Crippen LogP contribution in [0.3, 0.4) is 0 Å². The van der Waals surface area contributed by atoms with Gasteiger partial charge in [0.15, 0.2) is 0 Å². The minimum atomic E-state index is -0.487. The molecule has 2 N–H and O–H groups in total. The van der Waals surface area contributed by atoms with Gasteiger partial charge < -0.3 is 10.6 Å². The Labute approximate surface area is 149 Å². The summed E-state index contributed by atoms with van der Waals surface area (Å²) in [5.74, 6) is -0.736. The van der Waals surface area contributed by atoms with Crippen molar-refractivity contribution in [2.75, 3.05) is 6.54 Å². The Morgan fingerprint density at radius 2 is 1.79 bits per heavy atom. The summed E-state index contributed by atoms with van der Waals surface area (Å²) in [7, 11) is 0. The molecule has 1 aliphatic carbocycles.